The fourth-order valence-electron chi connectivity index (χ4n) is 2.02. The van der Waals surface area contributed by atoms with Crippen molar-refractivity contribution in [3.8, 4) is 5.75 Å². The van der Waals surface area contributed by atoms with Crippen LogP contribution in [-0.4, -0.2) is 5.11 Å². The molecule has 0 spiro atoms. The quantitative estimate of drug-likeness (QED) is 0.814. The highest BCUT2D eigenvalue weighted by Crippen LogP contribution is 2.28. The molecule has 2 rings (SSSR count). The summed E-state index contributed by atoms with van der Waals surface area (Å²) in [5.41, 5.74) is 1.09. The van der Waals surface area contributed by atoms with Crippen LogP contribution >= 0.6 is 0 Å². The van der Waals surface area contributed by atoms with E-state index in [0.29, 0.717) is 11.7 Å². The second-order valence-electron chi connectivity index (χ2n) is 4.72. The number of phenols is 1. The molecule has 2 aromatic carbocycles. The zero-order chi connectivity index (χ0) is 11.5. The van der Waals surface area contributed by atoms with E-state index in [1.54, 1.807) is 6.07 Å². The van der Waals surface area contributed by atoms with Crippen LogP contribution in [0, 0.1) is 5.92 Å². The second kappa shape index (κ2) is 4.56. The third-order valence-electron chi connectivity index (χ3n) is 2.99. The lowest BCUT2D eigenvalue weighted by Gasteiger charge is -2.10. The van der Waals surface area contributed by atoms with Gasteiger partial charge in [-0.2, -0.15) is 0 Å². The molecule has 0 radical (unpaired) electrons. The fourth-order valence-corrected chi connectivity index (χ4v) is 2.02. The predicted molar refractivity (Wildman–Crippen MR) is 68.8 cm³/mol. The second-order valence-corrected chi connectivity index (χ2v) is 4.72. The summed E-state index contributed by atoms with van der Waals surface area (Å²) in [7, 11) is 0. The van der Waals surface area contributed by atoms with Gasteiger partial charge in [0, 0.05) is 5.56 Å². The topological polar surface area (TPSA) is 20.2 Å². The number of hydrogen-bond acceptors (Lipinski definition) is 1. The largest absolute Gasteiger partial charge is 0.508 e. The Balaban J connectivity index is 2.44. The van der Waals surface area contributed by atoms with Crippen molar-refractivity contribution in [1.29, 1.82) is 0 Å². The summed E-state index contributed by atoms with van der Waals surface area (Å²) < 4.78 is 0. The minimum absolute atomic E-state index is 0.430. The summed E-state index contributed by atoms with van der Waals surface area (Å²) in [6.45, 7) is 4.42. The van der Waals surface area contributed by atoms with Gasteiger partial charge in [-0.3, -0.25) is 0 Å². The van der Waals surface area contributed by atoms with Gasteiger partial charge in [-0.25, -0.2) is 0 Å². The summed E-state index contributed by atoms with van der Waals surface area (Å²) in [5, 5.41) is 12.3. The molecule has 2 aromatic rings. The maximum Gasteiger partial charge on any atom is 0.119 e. The van der Waals surface area contributed by atoms with E-state index >= 15 is 0 Å². The number of phenolic OH excluding ortho intramolecular Hbond substituents is 1. The Morgan fingerprint density at radius 3 is 2.56 bits per heavy atom. The van der Waals surface area contributed by atoms with E-state index in [4.69, 9.17) is 0 Å². The molecular weight excluding hydrogens is 196 g/mol. The molecule has 0 aliphatic heterocycles. The standard InChI is InChI=1S/C15H18O/c1-11(2)7-9-14-13-6-4-3-5-12(13)8-10-15(14)16/h3-6,8,10-11,16H,7,9H2,1-2H3. The van der Waals surface area contributed by atoms with Gasteiger partial charge < -0.3 is 5.11 Å². The van der Waals surface area contributed by atoms with Crippen LogP contribution in [0.3, 0.4) is 0 Å². The summed E-state index contributed by atoms with van der Waals surface area (Å²) >= 11 is 0. The normalized spacial score (nSPS) is 11.2. The average Bonchev–Trinajstić information content (AvgIpc) is 2.27. The molecule has 1 heteroatoms. The van der Waals surface area contributed by atoms with E-state index in [-0.39, 0.29) is 0 Å². The average molecular weight is 214 g/mol. The fraction of sp³-hybridized carbons (Fsp3) is 0.333. The van der Waals surface area contributed by atoms with E-state index < -0.39 is 0 Å². The molecule has 1 N–H and O–H groups in total. The van der Waals surface area contributed by atoms with Crippen LogP contribution in [0.5, 0.6) is 5.75 Å². The van der Waals surface area contributed by atoms with Crippen LogP contribution in [0.4, 0.5) is 0 Å². The number of rotatable bonds is 3. The Morgan fingerprint density at radius 1 is 1.06 bits per heavy atom. The van der Waals surface area contributed by atoms with Crippen molar-refractivity contribution < 1.29 is 5.11 Å². The smallest absolute Gasteiger partial charge is 0.119 e. The van der Waals surface area contributed by atoms with Crippen molar-refractivity contribution in [3.63, 3.8) is 0 Å². The summed E-state index contributed by atoms with van der Waals surface area (Å²) in [6, 6.07) is 12.0. The first-order valence-electron chi connectivity index (χ1n) is 5.88. The van der Waals surface area contributed by atoms with Crippen LogP contribution in [0.1, 0.15) is 25.8 Å². The molecule has 1 nitrogen and oxygen atoms in total. The molecule has 0 aliphatic carbocycles. The van der Waals surface area contributed by atoms with Crippen molar-refractivity contribution in [3.05, 3.63) is 42.0 Å². The van der Waals surface area contributed by atoms with Gasteiger partial charge in [-0.15, -0.1) is 0 Å². The van der Waals surface area contributed by atoms with Gasteiger partial charge in [-0.05, 0) is 35.6 Å². The Labute approximate surface area is 96.7 Å². The zero-order valence-electron chi connectivity index (χ0n) is 9.90. The maximum absolute atomic E-state index is 9.92. The van der Waals surface area contributed by atoms with Gasteiger partial charge in [0.2, 0.25) is 0 Å². The molecular formula is C15H18O. The number of fused-ring (bicyclic) bond motifs is 1. The van der Waals surface area contributed by atoms with Gasteiger partial charge in [0.1, 0.15) is 5.75 Å². The third-order valence-corrected chi connectivity index (χ3v) is 2.99. The molecule has 0 aromatic heterocycles. The minimum Gasteiger partial charge on any atom is -0.508 e. The van der Waals surface area contributed by atoms with Crippen LogP contribution in [0.15, 0.2) is 36.4 Å². The van der Waals surface area contributed by atoms with Crippen LogP contribution in [-0.2, 0) is 6.42 Å². The van der Waals surface area contributed by atoms with Gasteiger partial charge in [-0.1, -0.05) is 44.2 Å². The Hall–Kier alpha value is -1.50. The SMILES string of the molecule is CC(C)CCc1c(O)ccc2ccccc12. The molecule has 0 unspecified atom stereocenters. The Bertz CT molecular complexity index is 486. The van der Waals surface area contributed by atoms with Crippen molar-refractivity contribution in [1.82, 2.24) is 0 Å². The Morgan fingerprint density at radius 2 is 1.81 bits per heavy atom. The lowest BCUT2D eigenvalue weighted by Crippen LogP contribution is -1.93. The molecule has 0 saturated carbocycles. The van der Waals surface area contributed by atoms with E-state index in [1.807, 2.05) is 18.2 Å². The zero-order valence-corrected chi connectivity index (χ0v) is 9.90. The molecule has 0 fully saturated rings. The summed E-state index contributed by atoms with van der Waals surface area (Å²) in [4.78, 5) is 0. The molecule has 0 aliphatic rings. The van der Waals surface area contributed by atoms with Crippen molar-refractivity contribution in [2.45, 2.75) is 26.7 Å². The molecule has 0 bridgehead atoms. The number of benzene rings is 2. The molecule has 0 atom stereocenters. The van der Waals surface area contributed by atoms with E-state index in [2.05, 4.69) is 26.0 Å². The van der Waals surface area contributed by atoms with Crippen LogP contribution in [0.2, 0.25) is 0 Å². The van der Waals surface area contributed by atoms with Crippen molar-refractivity contribution >= 4 is 10.8 Å². The highest BCUT2D eigenvalue weighted by molar-refractivity contribution is 5.87. The summed E-state index contributed by atoms with van der Waals surface area (Å²) in [6.07, 6.45) is 2.06. The van der Waals surface area contributed by atoms with E-state index in [9.17, 15) is 5.11 Å². The number of hydrogen-bond donors (Lipinski definition) is 1. The van der Waals surface area contributed by atoms with E-state index in [1.165, 1.54) is 10.8 Å². The Kier molecular flexibility index (Phi) is 3.14. The number of aromatic hydroxyl groups is 1. The van der Waals surface area contributed by atoms with Crippen LogP contribution < -0.4 is 0 Å². The number of aryl methyl sites for hydroxylation is 1. The highest BCUT2D eigenvalue weighted by Gasteiger charge is 2.07. The lowest BCUT2D eigenvalue weighted by molar-refractivity contribution is 0.465. The van der Waals surface area contributed by atoms with E-state index in [0.717, 1.165) is 18.4 Å². The molecule has 16 heavy (non-hydrogen) atoms. The minimum atomic E-state index is 0.430. The van der Waals surface area contributed by atoms with Gasteiger partial charge in [0.15, 0.2) is 0 Å². The van der Waals surface area contributed by atoms with Crippen LogP contribution in [0.25, 0.3) is 10.8 Å². The monoisotopic (exact) mass is 214 g/mol. The first-order chi connectivity index (χ1) is 7.68. The first-order valence-corrected chi connectivity index (χ1v) is 5.88. The third kappa shape index (κ3) is 2.19. The predicted octanol–water partition coefficient (Wildman–Crippen LogP) is 4.13. The van der Waals surface area contributed by atoms with Gasteiger partial charge in [0.25, 0.3) is 0 Å². The molecule has 0 amide bonds. The van der Waals surface area contributed by atoms with Crippen molar-refractivity contribution in [2.75, 3.05) is 0 Å². The van der Waals surface area contributed by atoms with Gasteiger partial charge >= 0.3 is 0 Å². The molecule has 0 saturated heterocycles. The lowest BCUT2D eigenvalue weighted by atomic mass is 9.96. The maximum atomic E-state index is 9.92. The van der Waals surface area contributed by atoms with Gasteiger partial charge in [0.05, 0.1) is 0 Å². The molecule has 84 valence electrons. The first kappa shape index (κ1) is 11.0. The van der Waals surface area contributed by atoms with Crippen molar-refractivity contribution in [2.24, 2.45) is 5.92 Å². The summed E-state index contributed by atoms with van der Waals surface area (Å²) in [5.74, 6) is 1.10. The highest BCUT2D eigenvalue weighted by atomic mass is 16.3. The molecule has 0 heterocycles.